The van der Waals surface area contributed by atoms with Gasteiger partial charge in [0.15, 0.2) is 0 Å². The van der Waals surface area contributed by atoms with Crippen molar-refractivity contribution in [2.75, 3.05) is 0 Å². The lowest BCUT2D eigenvalue weighted by molar-refractivity contribution is 0.242. The predicted molar refractivity (Wildman–Crippen MR) is 116 cm³/mol. The Hall–Kier alpha value is -3.31. The molecule has 0 spiro atoms. The molecule has 152 valence electrons. The maximum atomic E-state index is 6.31. The first-order valence-electron chi connectivity index (χ1n) is 9.68. The van der Waals surface area contributed by atoms with Gasteiger partial charge in [0.05, 0.1) is 17.5 Å². The van der Waals surface area contributed by atoms with E-state index in [2.05, 4.69) is 10.1 Å². The summed E-state index contributed by atoms with van der Waals surface area (Å²) in [6.45, 7) is 3.91. The molecule has 6 heteroatoms. The summed E-state index contributed by atoms with van der Waals surface area (Å²) in [5.41, 5.74) is 1.82. The van der Waals surface area contributed by atoms with E-state index in [1.807, 2.05) is 80.6 Å². The number of hydrogen-bond donors (Lipinski definition) is 0. The van der Waals surface area contributed by atoms with Gasteiger partial charge in [-0.2, -0.15) is 4.98 Å². The van der Waals surface area contributed by atoms with Crippen LogP contribution in [0.4, 0.5) is 0 Å². The molecule has 30 heavy (non-hydrogen) atoms. The third-order valence-corrected chi connectivity index (χ3v) is 4.57. The largest absolute Gasteiger partial charge is 0.489 e. The fourth-order valence-electron chi connectivity index (χ4n) is 2.91. The van der Waals surface area contributed by atoms with Crippen molar-refractivity contribution in [2.24, 2.45) is 0 Å². The smallest absolute Gasteiger partial charge is 0.231 e. The van der Waals surface area contributed by atoms with Crippen LogP contribution in [-0.4, -0.2) is 16.2 Å². The molecule has 0 aliphatic carbocycles. The lowest BCUT2D eigenvalue weighted by atomic mass is 10.1. The maximum Gasteiger partial charge on any atom is 0.231 e. The Morgan fingerprint density at radius 1 is 0.933 bits per heavy atom. The highest BCUT2D eigenvalue weighted by Crippen LogP contribution is 2.30. The first-order valence-corrected chi connectivity index (χ1v) is 10.1. The molecular formula is C24H21ClN2O3. The molecule has 0 unspecified atom stereocenters. The zero-order valence-corrected chi connectivity index (χ0v) is 17.5. The van der Waals surface area contributed by atoms with Gasteiger partial charge in [0.1, 0.15) is 17.2 Å². The fourth-order valence-corrected chi connectivity index (χ4v) is 3.13. The maximum absolute atomic E-state index is 6.31. The molecule has 1 heterocycles. The standard InChI is InChI=1S/C24H21ClN2O3/c1-16(2)28-22-13-10-18(15-21(22)25)24-26-23(30-27-24)14-17-8-11-20(12-9-17)29-19-6-4-3-5-7-19/h3-13,15-16H,14H2,1-2H3. The van der Waals surface area contributed by atoms with Crippen LogP contribution >= 0.6 is 11.6 Å². The van der Waals surface area contributed by atoms with Crippen LogP contribution < -0.4 is 9.47 Å². The number of halogens is 1. The molecule has 0 radical (unpaired) electrons. The number of aromatic nitrogens is 2. The Balaban J connectivity index is 1.42. The third kappa shape index (κ3) is 4.99. The lowest BCUT2D eigenvalue weighted by Crippen LogP contribution is -2.05. The van der Waals surface area contributed by atoms with Crippen molar-refractivity contribution in [3.63, 3.8) is 0 Å². The Morgan fingerprint density at radius 3 is 2.37 bits per heavy atom. The molecule has 0 saturated carbocycles. The van der Waals surface area contributed by atoms with E-state index in [4.69, 9.17) is 25.6 Å². The molecule has 0 saturated heterocycles. The molecule has 3 aromatic carbocycles. The molecule has 0 aliphatic rings. The van der Waals surface area contributed by atoms with Gasteiger partial charge in [-0.3, -0.25) is 0 Å². The summed E-state index contributed by atoms with van der Waals surface area (Å²) in [5, 5.41) is 4.59. The number of nitrogens with zero attached hydrogens (tertiary/aromatic N) is 2. The summed E-state index contributed by atoms with van der Waals surface area (Å²) in [6, 6.07) is 23.0. The van der Waals surface area contributed by atoms with E-state index in [9.17, 15) is 0 Å². The first kappa shape index (κ1) is 20.0. The van der Waals surface area contributed by atoms with E-state index in [0.717, 1.165) is 22.6 Å². The van der Waals surface area contributed by atoms with E-state index in [0.29, 0.717) is 28.9 Å². The van der Waals surface area contributed by atoms with Gasteiger partial charge in [-0.15, -0.1) is 0 Å². The zero-order valence-electron chi connectivity index (χ0n) is 16.7. The minimum atomic E-state index is 0.0506. The van der Waals surface area contributed by atoms with Crippen molar-refractivity contribution >= 4 is 11.6 Å². The topological polar surface area (TPSA) is 57.4 Å². The Labute approximate surface area is 180 Å². The van der Waals surface area contributed by atoms with Gasteiger partial charge in [0, 0.05) is 5.56 Å². The Morgan fingerprint density at radius 2 is 1.67 bits per heavy atom. The number of ether oxygens (including phenoxy) is 2. The van der Waals surface area contributed by atoms with Crippen LogP contribution in [0.2, 0.25) is 5.02 Å². The first-order chi connectivity index (χ1) is 14.6. The van der Waals surface area contributed by atoms with E-state index in [1.165, 1.54) is 0 Å². The van der Waals surface area contributed by atoms with E-state index >= 15 is 0 Å². The van der Waals surface area contributed by atoms with E-state index in [1.54, 1.807) is 6.07 Å². The molecule has 4 rings (SSSR count). The fraction of sp³-hybridized carbons (Fsp3) is 0.167. The highest BCUT2D eigenvalue weighted by molar-refractivity contribution is 6.32. The third-order valence-electron chi connectivity index (χ3n) is 4.28. The zero-order chi connectivity index (χ0) is 20.9. The summed E-state index contributed by atoms with van der Waals surface area (Å²) in [4.78, 5) is 4.49. The van der Waals surface area contributed by atoms with Crippen LogP contribution in [0.25, 0.3) is 11.4 Å². The van der Waals surface area contributed by atoms with Crippen molar-refractivity contribution in [1.82, 2.24) is 10.1 Å². The molecule has 0 bridgehead atoms. The lowest BCUT2D eigenvalue weighted by Gasteiger charge is -2.11. The second kappa shape index (κ2) is 9.01. The molecule has 0 amide bonds. The second-order valence-corrected chi connectivity index (χ2v) is 7.47. The molecule has 0 aliphatic heterocycles. The van der Waals surface area contributed by atoms with Crippen LogP contribution in [0.1, 0.15) is 25.3 Å². The second-order valence-electron chi connectivity index (χ2n) is 7.06. The van der Waals surface area contributed by atoms with Crippen molar-refractivity contribution in [2.45, 2.75) is 26.4 Å². The molecule has 5 nitrogen and oxygen atoms in total. The van der Waals surface area contributed by atoms with Crippen molar-refractivity contribution in [3.8, 4) is 28.6 Å². The van der Waals surface area contributed by atoms with Crippen LogP contribution in [0, 0.1) is 0 Å². The highest BCUT2D eigenvalue weighted by atomic mass is 35.5. The van der Waals surface area contributed by atoms with Gasteiger partial charge < -0.3 is 14.0 Å². The summed E-state index contributed by atoms with van der Waals surface area (Å²) in [5.74, 6) is 3.23. The Kier molecular flexibility index (Phi) is 6.00. The van der Waals surface area contributed by atoms with Gasteiger partial charge in [-0.05, 0) is 61.9 Å². The van der Waals surface area contributed by atoms with Gasteiger partial charge in [0.2, 0.25) is 11.7 Å². The van der Waals surface area contributed by atoms with Gasteiger partial charge in [-0.1, -0.05) is 47.1 Å². The normalized spacial score (nSPS) is 10.9. The minimum absolute atomic E-state index is 0.0506. The molecule has 1 aromatic heterocycles. The number of benzene rings is 3. The molecule has 4 aromatic rings. The van der Waals surface area contributed by atoms with Crippen LogP contribution in [0.3, 0.4) is 0 Å². The van der Waals surface area contributed by atoms with E-state index < -0.39 is 0 Å². The summed E-state index contributed by atoms with van der Waals surface area (Å²) in [6.07, 6.45) is 0.579. The SMILES string of the molecule is CC(C)Oc1ccc(-c2noc(Cc3ccc(Oc4ccccc4)cc3)n2)cc1Cl. The van der Waals surface area contributed by atoms with Crippen molar-refractivity contribution < 1.29 is 14.0 Å². The summed E-state index contributed by atoms with van der Waals surface area (Å²) < 4.78 is 16.9. The van der Waals surface area contributed by atoms with Crippen molar-refractivity contribution in [3.05, 3.63) is 89.3 Å². The number of hydrogen-bond acceptors (Lipinski definition) is 5. The average molecular weight is 421 g/mol. The van der Waals surface area contributed by atoms with Crippen LogP contribution in [0.15, 0.2) is 77.3 Å². The van der Waals surface area contributed by atoms with Crippen LogP contribution in [-0.2, 0) is 6.42 Å². The average Bonchev–Trinajstić information content (AvgIpc) is 3.20. The molecule has 0 N–H and O–H groups in total. The number of rotatable bonds is 7. The van der Waals surface area contributed by atoms with Gasteiger partial charge in [0.25, 0.3) is 0 Å². The van der Waals surface area contributed by atoms with Crippen molar-refractivity contribution in [1.29, 1.82) is 0 Å². The molecule has 0 atom stereocenters. The summed E-state index contributed by atoms with van der Waals surface area (Å²) in [7, 11) is 0. The highest BCUT2D eigenvalue weighted by Gasteiger charge is 2.12. The monoisotopic (exact) mass is 420 g/mol. The minimum Gasteiger partial charge on any atom is -0.489 e. The Bertz CT molecular complexity index is 1110. The molecular weight excluding hydrogens is 400 g/mol. The van der Waals surface area contributed by atoms with Gasteiger partial charge in [-0.25, -0.2) is 0 Å². The predicted octanol–water partition coefficient (Wildman–Crippen LogP) is 6.56. The number of para-hydroxylation sites is 1. The van der Waals surface area contributed by atoms with Gasteiger partial charge >= 0.3 is 0 Å². The summed E-state index contributed by atoms with van der Waals surface area (Å²) >= 11 is 6.31. The quantitative estimate of drug-likeness (QED) is 0.339. The van der Waals surface area contributed by atoms with E-state index in [-0.39, 0.29) is 6.10 Å². The molecule has 0 fully saturated rings. The van der Waals surface area contributed by atoms with Crippen LogP contribution in [0.5, 0.6) is 17.2 Å².